The fraction of sp³-hybridized carbons (Fsp3) is 0. The van der Waals surface area contributed by atoms with E-state index in [2.05, 4.69) is 10.2 Å². The molecule has 5 aromatic rings. The number of guanidine groups is 1. The van der Waals surface area contributed by atoms with Gasteiger partial charge in [0, 0.05) is 23.4 Å². The van der Waals surface area contributed by atoms with E-state index in [0.717, 1.165) is 27.0 Å². The van der Waals surface area contributed by atoms with E-state index >= 15 is 0 Å². The molecule has 3 aromatic carbocycles. The van der Waals surface area contributed by atoms with Gasteiger partial charge >= 0.3 is 0 Å². The zero-order valence-corrected chi connectivity index (χ0v) is 18.5. The molecule has 34 heavy (non-hydrogen) atoms. The van der Waals surface area contributed by atoms with Crippen molar-refractivity contribution >= 4 is 33.7 Å². The lowest BCUT2D eigenvalue weighted by atomic mass is 10.1. The Morgan fingerprint density at radius 3 is 2.53 bits per heavy atom. The molecule has 8 nitrogen and oxygen atoms in total. The summed E-state index contributed by atoms with van der Waals surface area (Å²) >= 11 is 1.46. The number of halogens is 1. The Kier molecular flexibility index (Phi) is 5.71. The van der Waals surface area contributed by atoms with E-state index in [1.54, 1.807) is 23.0 Å². The minimum atomic E-state index is -0.313. The summed E-state index contributed by atoms with van der Waals surface area (Å²) in [5, 5.41) is 13.0. The topological polar surface area (TPSA) is 117 Å². The van der Waals surface area contributed by atoms with Crippen LogP contribution in [0.15, 0.2) is 89.2 Å². The summed E-state index contributed by atoms with van der Waals surface area (Å²) in [5.74, 6) is 0.737. The highest BCUT2D eigenvalue weighted by molar-refractivity contribution is 7.20. The van der Waals surface area contributed by atoms with E-state index in [9.17, 15) is 4.39 Å². The highest BCUT2D eigenvalue weighted by Gasteiger charge is 2.14. The van der Waals surface area contributed by atoms with Gasteiger partial charge in [0.15, 0.2) is 0 Å². The largest absolute Gasteiger partial charge is 0.457 e. The number of ether oxygens (including phenoxy) is 1. The molecule has 0 saturated heterocycles. The molecule has 0 aliphatic rings. The molecule has 0 aliphatic carbocycles. The zero-order valence-electron chi connectivity index (χ0n) is 17.7. The van der Waals surface area contributed by atoms with E-state index in [1.165, 1.54) is 23.5 Å². The highest BCUT2D eigenvalue weighted by Crippen LogP contribution is 2.31. The van der Waals surface area contributed by atoms with Crippen LogP contribution in [0.1, 0.15) is 5.56 Å². The molecule has 168 valence electrons. The molecule has 0 aliphatic heterocycles. The van der Waals surface area contributed by atoms with Crippen molar-refractivity contribution < 1.29 is 9.13 Å². The Labute approximate surface area is 197 Å². The van der Waals surface area contributed by atoms with Crippen LogP contribution in [0.3, 0.4) is 0 Å². The van der Waals surface area contributed by atoms with Crippen LogP contribution in [-0.2, 0) is 0 Å². The Morgan fingerprint density at radius 2 is 1.76 bits per heavy atom. The molecule has 0 unspecified atom stereocenters. The second-order valence-corrected chi connectivity index (χ2v) is 8.20. The lowest BCUT2D eigenvalue weighted by Gasteiger charge is -2.04. The van der Waals surface area contributed by atoms with Crippen LogP contribution >= 0.6 is 11.3 Å². The van der Waals surface area contributed by atoms with E-state index in [4.69, 9.17) is 26.3 Å². The number of nitrogens with two attached hydrogens (primary N) is 2. The van der Waals surface area contributed by atoms with Gasteiger partial charge in [0.1, 0.15) is 23.0 Å². The van der Waals surface area contributed by atoms with Crippen LogP contribution in [0.25, 0.3) is 26.6 Å². The first kappa shape index (κ1) is 21.3. The lowest BCUT2D eigenvalue weighted by Crippen LogP contribution is -2.21. The second-order valence-electron chi connectivity index (χ2n) is 7.20. The zero-order chi connectivity index (χ0) is 23.5. The first-order chi connectivity index (χ1) is 16.5. The average Bonchev–Trinajstić information content (AvgIpc) is 3.45. The summed E-state index contributed by atoms with van der Waals surface area (Å²) in [5.41, 5.74) is 13.9. The molecule has 0 bridgehead atoms. The number of fused-ring (bicyclic) bond motifs is 1. The Morgan fingerprint density at radius 1 is 1.00 bits per heavy atom. The Hall–Kier alpha value is -4.57. The summed E-state index contributed by atoms with van der Waals surface area (Å²) in [6.45, 7) is 0. The van der Waals surface area contributed by atoms with Crippen molar-refractivity contribution in [2.45, 2.75) is 0 Å². The van der Waals surface area contributed by atoms with E-state index in [1.807, 2.05) is 54.7 Å². The van der Waals surface area contributed by atoms with Crippen LogP contribution in [0, 0.1) is 5.82 Å². The minimum absolute atomic E-state index is 0.130. The molecule has 0 spiro atoms. The lowest BCUT2D eigenvalue weighted by molar-refractivity contribution is 0.481. The highest BCUT2D eigenvalue weighted by atomic mass is 32.1. The van der Waals surface area contributed by atoms with Crippen molar-refractivity contribution in [3.8, 4) is 27.9 Å². The number of hydrogen-bond acceptors (Lipinski definition) is 6. The fourth-order valence-electron chi connectivity index (χ4n) is 3.25. The van der Waals surface area contributed by atoms with Crippen molar-refractivity contribution in [2.24, 2.45) is 21.7 Å². The molecule has 2 aromatic heterocycles. The molecule has 5 rings (SSSR count). The number of thiazole rings is 1. The number of hydrogen-bond donors (Lipinski definition) is 2. The maximum Gasteiger partial charge on any atom is 0.211 e. The van der Waals surface area contributed by atoms with E-state index in [-0.39, 0.29) is 11.8 Å². The summed E-state index contributed by atoms with van der Waals surface area (Å²) in [7, 11) is 0. The summed E-state index contributed by atoms with van der Waals surface area (Å²) < 4.78 is 21.6. The van der Waals surface area contributed by atoms with Crippen molar-refractivity contribution in [1.29, 1.82) is 0 Å². The molecule has 0 fully saturated rings. The maximum absolute atomic E-state index is 13.1. The maximum atomic E-state index is 13.1. The van der Waals surface area contributed by atoms with Gasteiger partial charge in [-0.2, -0.15) is 10.2 Å². The first-order valence-corrected chi connectivity index (χ1v) is 11.0. The molecule has 0 radical (unpaired) electrons. The number of rotatable bonds is 6. The second kappa shape index (κ2) is 9.12. The minimum Gasteiger partial charge on any atom is -0.457 e. The van der Waals surface area contributed by atoms with Crippen LogP contribution in [0.4, 0.5) is 4.39 Å². The standard InChI is InChI=1S/C24H18FN7OS/c25-17-6-8-18(9-7-17)33-19-10-11-20-21(12-19)34-24(29-20)32-14-16(13-28-30-23(26)27)22(31-32)15-4-2-1-3-5-15/h1-14H,(H4,26,27,30)/b28-13+. The third kappa shape index (κ3) is 4.62. The molecule has 10 heteroatoms. The molecular weight excluding hydrogens is 453 g/mol. The van der Waals surface area contributed by atoms with E-state index < -0.39 is 0 Å². The summed E-state index contributed by atoms with van der Waals surface area (Å²) in [6.07, 6.45) is 3.37. The van der Waals surface area contributed by atoms with Gasteiger partial charge in [-0.1, -0.05) is 41.7 Å². The van der Waals surface area contributed by atoms with Gasteiger partial charge in [-0.05, 0) is 36.4 Å². The van der Waals surface area contributed by atoms with Crippen molar-refractivity contribution in [1.82, 2.24) is 14.8 Å². The van der Waals surface area contributed by atoms with Gasteiger partial charge in [-0.25, -0.2) is 14.1 Å². The third-order valence-corrected chi connectivity index (χ3v) is 5.76. The summed E-state index contributed by atoms with van der Waals surface area (Å²) in [6, 6.07) is 21.2. The van der Waals surface area contributed by atoms with Gasteiger partial charge in [0.2, 0.25) is 11.1 Å². The van der Waals surface area contributed by atoms with Crippen molar-refractivity contribution in [3.05, 3.63) is 90.4 Å². The normalized spacial score (nSPS) is 11.2. The van der Waals surface area contributed by atoms with Crippen LogP contribution in [0.5, 0.6) is 11.5 Å². The fourth-order valence-corrected chi connectivity index (χ4v) is 4.17. The SMILES string of the molecule is NC(N)=N/N=C/c1cn(-c2nc3ccc(Oc4ccc(F)cc4)cc3s2)nc1-c1ccccc1. The predicted molar refractivity (Wildman–Crippen MR) is 132 cm³/mol. The summed E-state index contributed by atoms with van der Waals surface area (Å²) in [4.78, 5) is 4.70. The van der Waals surface area contributed by atoms with Gasteiger partial charge in [0.05, 0.1) is 16.4 Å². The molecule has 0 amide bonds. The molecule has 0 saturated carbocycles. The van der Waals surface area contributed by atoms with Gasteiger partial charge < -0.3 is 16.2 Å². The molecular formula is C24H18FN7OS. The quantitative estimate of drug-likeness (QED) is 0.212. The first-order valence-electron chi connectivity index (χ1n) is 10.2. The monoisotopic (exact) mass is 471 g/mol. The molecule has 4 N–H and O–H groups in total. The number of aromatic nitrogens is 3. The van der Waals surface area contributed by atoms with Crippen LogP contribution in [0.2, 0.25) is 0 Å². The molecule has 0 atom stereocenters. The predicted octanol–water partition coefficient (Wildman–Crippen LogP) is 4.69. The van der Waals surface area contributed by atoms with Gasteiger partial charge in [0.25, 0.3) is 0 Å². The van der Waals surface area contributed by atoms with Gasteiger partial charge in [-0.3, -0.25) is 0 Å². The third-order valence-electron chi connectivity index (χ3n) is 4.75. The average molecular weight is 472 g/mol. The molecule has 2 heterocycles. The Bertz CT molecular complexity index is 1500. The van der Waals surface area contributed by atoms with Crippen molar-refractivity contribution in [3.63, 3.8) is 0 Å². The van der Waals surface area contributed by atoms with Crippen LogP contribution in [-0.4, -0.2) is 26.9 Å². The van der Waals surface area contributed by atoms with Crippen LogP contribution < -0.4 is 16.2 Å². The smallest absolute Gasteiger partial charge is 0.211 e. The Balaban J connectivity index is 1.50. The number of benzene rings is 3. The number of nitrogens with zero attached hydrogens (tertiary/aromatic N) is 5. The van der Waals surface area contributed by atoms with Crippen molar-refractivity contribution in [2.75, 3.05) is 0 Å². The van der Waals surface area contributed by atoms with E-state index in [0.29, 0.717) is 16.6 Å². The van der Waals surface area contributed by atoms with Gasteiger partial charge in [-0.15, -0.1) is 5.10 Å².